The smallest absolute Gasteiger partial charge is 0.135 e. The van der Waals surface area contributed by atoms with E-state index in [1.54, 1.807) is 0 Å². The summed E-state index contributed by atoms with van der Waals surface area (Å²) in [7, 11) is 0. The molecule has 0 bridgehead atoms. The lowest BCUT2D eigenvalue weighted by Gasteiger charge is -2.15. The van der Waals surface area contributed by atoms with Crippen LogP contribution in [-0.4, -0.2) is 9.13 Å². The number of nitrogens with one attached hydrogen (secondary N) is 1. The number of benzene rings is 11. The molecule has 5 nitrogen and oxygen atoms in total. The summed E-state index contributed by atoms with van der Waals surface area (Å²) in [6.07, 6.45) is 0. The van der Waals surface area contributed by atoms with Gasteiger partial charge in [-0.2, -0.15) is 0 Å². The van der Waals surface area contributed by atoms with Gasteiger partial charge in [-0.15, -0.1) is 0 Å². The Kier molecular flexibility index (Phi) is 8.59. The van der Waals surface area contributed by atoms with Crippen LogP contribution in [0, 0.1) is 0 Å². The lowest BCUT2D eigenvalue weighted by Crippen LogP contribution is -1.95. The third-order valence-corrected chi connectivity index (χ3v) is 14.5. The van der Waals surface area contributed by atoms with Crippen LogP contribution < -0.4 is 5.32 Å². The number of aromatic nitrogens is 2. The molecule has 0 spiro atoms. The average Bonchev–Trinajstić information content (AvgIpc) is 4.18. The highest BCUT2D eigenvalue weighted by molar-refractivity contribution is 6.14. The molecule has 0 aliphatic rings. The van der Waals surface area contributed by atoms with Crippen LogP contribution in [0.15, 0.2) is 251 Å². The Morgan fingerprint density at radius 3 is 1.49 bits per heavy atom. The van der Waals surface area contributed by atoms with Gasteiger partial charge in [-0.3, -0.25) is 0 Å². The summed E-state index contributed by atoms with van der Waals surface area (Å²) >= 11 is 0. The predicted molar refractivity (Wildman–Crippen MR) is 296 cm³/mol. The Balaban J connectivity index is 0.845. The molecule has 0 unspecified atom stereocenters. The van der Waals surface area contributed by atoms with E-state index in [9.17, 15) is 0 Å². The van der Waals surface area contributed by atoms with Crippen LogP contribution in [0.1, 0.15) is 0 Å². The highest BCUT2D eigenvalue weighted by Crippen LogP contribution is 2.42. The molecule has 1 N–H and O–H groups in total. The van der Waals surface area contributed by atoms with Gasteiger partial charge in [0.1, 0.15) is 22.3 Å². The van der Waals surface area contributed by atoms with Crippen LogP contribution in [0.25, 0.3) is 132 Å². The molecule has 0 fully saturated rings. The van der Waals surface area contributed by atoms with Crippen molar-refractivity contribution < 1.29 is 8.83 Å². The van der Waals surface area contributed by atoms with E-state index in [2.05, 4.69) is 233 Å². The summed E-state index contributed by atoms with van der Waals surface area (Å²) in [5, 5.41) is 13.1. The zero-order valence-corrected chi connectivity index (χ0v) is 38.3. The molecular formula is C66H41N3O2. The van der Waals surface area contributed by atoms with Crippen LogP contribution in [0.5, 0.6) is 0 Å². The van der Waals surface area contributed by atoms with Crippen molar-refractivity contribution in [1.82, 2.24) is 9.13 Å². The van der Waals surface area contributed by atoms with Gasteiger partial charge >= 0.3 is 0 Å². The standard InChI is InChI=1S/C66H41N3O2/c1-3-13-41(14-4-1)53-35-42(24-30-58(53)67-46-27-33-65-56(39-46)51-18-8-11-21-63(51)70-65)43-25-31-60-55(36-43)50-29-23-45(38-62(50)68(60)47-15-5-2-6-16-47)44-26-32-61-54(37-44)49-17-7-10-20-59(49)69(61)48-28-34-66-57(40-48)52-19-9-12-22-64(52)71-66/h1-40,67H. The monoisotopic (exact) mass is 907 g/mol. The Labute approximate surface area is 407 Å². The number of hydrogen-bond acceptors (Lipinski definition) is 3. The maximum absolute atomic E-state index is 6.22. The maximum Gasteiger partial charge on any atom is 0.135 e. The number of para-hydroxylation sites is 4. The van der Waals surface area contributed by atoms with Gasteiger partial charge in [0.05, 0.1) is 22.1 Å². The molecule has 332 valence electrons. The number of furan rings is 2. The number of hydrogen-bond donors (Lipinski definition) is 1. The van der Waals surface area contributed by atoms with Crippen LogP contribution in [0.3, 0.4) is 0 Å². The fourth-order valence-electron chi connectivity index (χ4n) is 11.2. The molecule has 4 aromatic heterocycles. The number of rotatable bonds is 7. The molecule has 0 aliphatic heterocycles. The average molecular weight is 908 g/mol. The Hall–Kier alpha value is -9.58. The molecule has 0 amide bonds. The Bertz CT molecular complexity index is 4610. The fourth-order valence-corrected chi connectivity index (χ4v) is 11.2. The third kappa shape index (κ3) is 6.27. The largest absolute Gasteiger partial charge is 0.456 e. The topological polar surface area (TPSA) is 48.2 Å². The second-order valence-electron chi connectivity index (χ2n) is 18.6. The van der Waals surface area contributed by atoms with E-state index in [0.29, 0.717) is 0 Å². The molecule has 11 aromatic carbocycles. The first kappa shape index (κ1) is 39.4. The minimum absolute atomic E-state index is 0.881. The molecule has 71 heavy (non-hydrogen) atoms. The molecule has 0 aliphatic carbocycles. The van der Waals surface area contributed by atoms with Gasteiger partial charge in [-0.05, 0) is 137 Å². The fraction of sp³-hybridized carbons (Fsp3) is 0. The number of fused-ring (bicyclic) bond motifs is 12. The highest BCUT2D eigenvalue weighted by Gasteiger charge is 2.19. The minimum Gasteiger partial charge on any atom is -0.456 e. The van der Waals surface area contributed by atoms with Gasteiger partial charge < -0.3 is 23.3 Å². The molecule has 15 aromatic rings. The van der Waals surface area contributed by atoms with Crippen molar-refractivity contribution in [2.75, 3.05) is 5.32 Å². The summed E-state index contributed by atoms with van der Waals surface area (Å²) in [6.45, 7) is 0. The zero-order chi connectivity index (χ0) is 46.6. The van der Waals surface area contributed by atoms with E-state index >= 15 is 0 Å². The first-order valence-corrected chi connectivity index (χ1v) is 24.1. The lowest BCUT2D eigenvalue weighted by molar-refractivity contribution is 0.668. The van der Waals surface area contributed by atoms with Gasteiger partial charge in [0.2, 0.25) is 0 Å². The normalized spacial score (nSPS) is 11.9. The molecule has 0 atom stereocenters. The molecule has 4 heterocycles. The predicted octanol–water partition coefficient (Wildman–Crippen LogP) is 18.4. The van der Waals surface area contributed by atoms with Gasteiger partial charge in [-0.25, -0.2) is 0 Å². The van der Waals surface area contributed by atoms with Crippen LogP contribution in [0.4, 0.5) is 11.4 Å². The summed E-state index contributed by atoms with van der Waals surface area (Å²) in [4.78, 5) is 0. The van der Waals surface area contributed by atoms with Crippen LogP contribution in [0.2, 0.25) is 0 Å². The van der Waals surface area contributed by atoms with Gasteiger partial charge in [0.25, 0.3) is 0 Å². The van der Waals surface area contributed by atoms with Gasteiger partial charge in [-0.1, -0.05) is 133 Å². The van der Waals surface area contributed by atoms with Gasteiger partial charge in [0, 0.05) is 71.4 Å². The Morgan fingerprint density at radius 1 is 0.268 bits per heavy atom. The molecular weight excluding hydrogens is 867 g/mol. The van der Waals surface area contributed by atoms with E-state index in [1.165, 1.54) is 38.2 Å². The summed E-state index contributed by atoms with van der Waals surface area (Å²) in [6, 6.07) is 87.1. The second-order valence-corrected chi connectivity index (χ2v) is 18.6. The van der Waals surface area contributed by atoms with Crippen molar-refractivity contribution in [3.8, 4) is 44.8 Å². The first-order valence-electron chi connectivity index (χ1n) is 24.1. The summed E-state index contributed by atoms with van der Waals surface area (Å²) < 4.78 is 17.2. The highest BCUT2D eigenvalue weighted by atomic mass is 16.3. The van der Waals surface area contributed by atoms with Crippen molar-refractivity contribution in [2.45, 2.75) is 0 Å². The van der Waals surface area contributed by atoms with Crippen molar-refractivity contribution in [3.63, 3.8) is 0 Å². The molecule has 5 heteroatoms. The van der Waals surface area contributed by atoms with E-state index in [-0.39, 0.29) is 0 Å². The van der Waals surface area contributed by atoms with Gasteiger partial charge in [0.15, 0.2) is 0 Å². The van der Waals surface area contributed by atoms with Crippen molar-refractivity contribution >= 4 is 98.9 Å². The second kappa shape index (κ2) is 15.5. The van der Waals surface area contributed by atoms with E-state index < -0.39 is 0 Å². The van der Waals surface area contributed by atoms with Crippen LogP contribution in [-0.2, 0) is 0 Å². The van der Waals surface area contributed by atoms with Crippen molar-refractivity contribution in [2.24, 2.45) is 0 Å². The molecule has 0 saturated carbocycles. The summed E-state index contributed by atoms with van der Waals surface area (Å²) in [5.41, 5.74) is 19.4. The first-order chi connectivity index (χ1) is 35.2. The number of nitrogens with zero attached hydrogens (tertiary/aromatic N) is 2. The third-order valence-electron chi connectivity index (χ3n) is 14.5. The molecule has 15 rings (SSSR count). The van der Waals surface area contributed by atoms with Crippen molar-refractivity contribution in [1.29, 1.82) is 0 Å². The SMILES string of the molecule is c1ccc(-c2cc(-c3ccc4c(c3)c3ccc(-c5ccc6c(c5)c5ccccc5n6-c5ccc6oc7ccccc7c6c5)cc3n4-c3ccccc3)ccc2Nc2ccc3oc4ccccc4c3c2)cc1. The minimum atomic E-state index is 0.881. The zero-order valence-electron chi connectivity index (χ0n) is 38.3. The summed E-state index contributed by atoms with van der Waals surface area (Å²) in [5.74, 6) is 0. The molecule has 0 radical (unpaired) electrons. The number of anilines is 2. The van der Waals surface area contributed by atoms with E-state index in [1.807, 2.05) is 24.3 Å². The van der Waals surface area contributed by atoms with Crippen molar-refractivity contribution in [3.05, 3.63) is 243 Å². The Morgan fingerprint density at radius 2 is 0.775 bits per heavy atom. The lowest BCUT2D eigenvalue weighted by atomic mass is 9.96. The van der Waals surface area contributed by atoms with E-state index in [4.69, 9.17) is 8.83 Å². The quantitative estimate of drug-likeness (QED) is 0.173. The van der Waals surface area contributed by atoms with Crippen LogP contribution >= 0.6 is 0 Å². The van der Waals surface area contributed by atoms with E-state index in [0.717, 1.165) is 105 Å². The molecule has 0 saturated heterocycles. The maximum atomic E-state index is 6.22.